The van der Waals surface area contributed by atoms with E-state index in [9.17, 15) is 4.79 Å². The summed E-state index contributed by atoms with van der Waals surface area (Å²) in [4.78, 5) is 15.7. The van der Waals surface area contributed by atoms with Gasteiger partial charge in [0.05, 0.1) is 0 Å². The largest absolute Gasteiger partial charge is 0.461 e. The van der Waals surface area contributed by atoms with Crippen molar-refractivity contribution in [3.05, 3.63) is 23.9 Å². The van der Waals surface area contributed by atoms with Crippen LogP contribution in [0.15, 0.2) is 16.7 Å². The van der Waals surface area contributed by atoms with Gasteiger partial charge in [0.1, 0.15) is 6.61 Å². The summed E-state index contributed by atoms with van der Waals surface area (Å²) in [6.07, 6.45) is 5.26. The van der Waals surface area contributed by atoms with Gasteiger partial charge < -0.3 is 9.26 Å². The maximum atomic E-state index is 11.3. The molecule has 5 nitrogen and oxygen atoms in total. The highest BCUT2D eigenvalue weighted by Crippen LogP contribution is 2.18. The second-order valence-corrected chi connectivity index (χ2v) is 5.37. The zero-order chi connectivity index (χ0) is 14.3. The molecule has 0 fully saturated rings. The van der Waals surface area contributed by atoms with Crippen LogP contribution in [0.1, 0.15) is 52.3 Å². The average Bonchev–Trinajstić information content (AvgIpc) is 2.78. The van der Waals surface area contributed by atoms with Crippen molar-refractivity contribution < 1.29 is 14.1 Å². The number of allylic oxidation sites excluding steroid dienone is 1. The van der Waals surface area contributed by atoms with Crippen molar-refractivity contribution in [2.45, 2.75) is 52.4 Å². The average molecular weight is 266 g/mol. The second-order valence-electron chi connectivity index (χ2n) is 5.37. The number of carbonyl (C=O) groups is 1. The van der Waals surface area contributed by atoms with Crippen molar-refractivity contribution in [1.29, 1.82) is 0 Å². The van der Waals surface area contributed by atoms with Crippen molar-refractivity contribution in [3.8, 4) is 0 Å². The highest BCUT2D eigenvalue weighted by atomic mass is 16.5. The fourth-order valence-electron chi connectivity index (χ4n) is 1.35. The number of hydrogen-bond acceptors (Lipinski definition) is 5. The molecule has 0 atom stereocenters. The van der Waals surface area contributed by atoms with Crippen molar-refractivity contribution in [1.82, 2.24) is 10.1 Å². The molecule has 0 aliphatic rings. The van der Waals surface area contributed by atoms with E-state index in [2.05, 4.69) is 10.1 Å². The van der Waals surface area contributed by atoms with Crippen LogP contribution in [0, 0.1) is 0 Å². The number of rotatable bonds is 6. The number of hydrogen-bond donors (Lipinski definition) is 0. The van der Waals surface area contributed by atoms with Gasteiger partial charge in [-0.2, -0.15) is 4.98 Å². The van der Waals surface area contributed by atoms with Crippen molar-refractivity contribution >= 4 is 5.97 Å². The number of aromatic nitrogens is 2. The first-order valence-corrected chi connectivity index (χ1v) is 6.53. The smallest absolute Gasteiger partial charge is 0.306 e. The molecule has 0 bridgehead atoms. The van der Waals surface area contributed by atoms with Gasteiger partial charge in [0, 0.05) is 18.3 Å². The summed E-state index contributed by atoms with van der Waals surface area (Å²) in [5.41, 5.74) is -0.118. The zero-order valence-electron chi connectivity index (χ0n) is 12.1. The normalized spacial score (nSPS) is 12.0. The van der Waals surface area contributed by atoms with E-state index >= 15 is 0 Å². The van der Waals surface area contributed by atoms with E-state index in [-0.39, 0.29) is 11.4 Å². The monoisotopic (exact) mass is 266 g/mol. The molecule has 1 aromatic heterocycles. The van der Waals surface area contributed by atoms with Crippen LogP contribution in [0.4, 0.5) is 0 Å². The Hall–Kier alpha value is -1.65. The van der Waals surface area contributed by atoms with Gasteiger partial charge in [0.15, 0.2) is 5.82 Å². The molecule has 0 unspecified atom stereocenters. The molecule has 0 N–H and O–H groups in total. The van der Waals surface area contributed by atoms with Gasteiger partial charge in [0.25, 0.3) is 0 Å². The lowest BCUT2D eigenvalue weighted by molar-refractivity contribution is -0.142. The summed E-state index contributed by atoms with van der Waals surface area (Å²) in [7, 11) is 0. The fraction of sp³-hybridized carbons (Fsp3) is 0.643. The van der Waals surface area contributed by atoms with Crippen molar-refractivity contribution in [2.24, 2.45) is 0 Å². The van der Waals surface area contributed by atoms with Gasteiger partial charge in [-0.15, -0.1) is 0 Å². The van der Waals surface area contributed by atoms with Crippen LogP contribution in [-0.4, -0.2) is 22.7 Å². The molecular weight excluding hydrogens is 244 g/mol. The molecule has 1 aromatic rings. The Morgan fingerprint density at radius 2 is 2.16 bits per heavy atom. The molecule has 1 heterocycles. The SMILES string of the molecule is CC=CCOC(=O)CCCc1nc(C(C)(C)C)no1. The first kappa shape index (κ1) is 15.4. The Morgan fingerprint density at radius 3 is 2.74 bits per heavy atom. The summed E-state index contributed by atoms with van der Waals surface area (Å²) < 4.78 is 10.1. The Balaban J connectivity index is 2.29. The van der Waals surface area contributed by atoms with E-state index in [1.165, 1.54) is 0 Å². The molecular formula is C14H22N2O3. The number of carbonyl (C=O) groups excluding carboxylic acids is 1. The Labute approximate surface area is 114 Å². The molecule has 5 heteroatoms. The lowest BCUT2D eigenvalue weighted by atomic mass is 9.96. The topological polar surface area (TPSA) is 65.2 Å². The molecule has 0 amide bonds. The van der Waals surface area contributed by atoms with Crippen LogP contribution >= 0.6 is 0 Å². The molecule has 0 saturated carbocycles. The van der Waals surface area contributed by atoms with E-state index in [1.54, 1.807) is 6.08 Å². The molecule has 1 rings (SSSR count). The van der Waals surface area contributed by atoms with Gasteiger partial charge >= 0.3 is 5.97 Å². The molecule has 0 saturated heterocycles. The highest BCUT2D eigenvalue weighted by molar-refractivity contribution is 5.69. The summed E-state index contributed by atoms with van der Waals surface area (Å²) in [6, 6.07) is 0. The Kier molecular flexibility index (Phi) is 5.73. The van der Waals surface area contributed by atoms with Gasteiger partial charge in [-0.05, 0) is 13.3 Å². The van der Waals surface area contributed by atoms with E-state index in [0.29, 0.717) is 37.6 Å². The van der Waals surface area contributed by atoms with Crippen molar-refractivity contribution in [2.75, 3.05) is 6.61 Å². The predicted octanol–water partition coefficient (Wildman–Crippen LogP) is 2.81. The molecule has 0 aromatic carbocycles. The van der Waals surface area contributed by atoms with E-state index in [0.717, 1.165) is 0 Å². The maximum Gasteiger partial charge on any atom is 0.306 e. The minimum Gasteiger partial charge on any atom is -0.461 e. The first-order chi connectivity index (χ1) is 8.93. The van der Waals surface area contributed by atoms with Crippen molar-refractivity contribution in [3.63, 3.8) is 0 Å². The number of esters is 1. The molecule has 0 spiro atoms. The predicted molar refractivity (Wildman–Crippen MR) is 71.7 cm³/mol. The van der Waals surface area contributed by atoms with E-state index in [4.69, 9.17) is 9.26 Å². The van der Waals surface area contributed by atoms with Gasteiger partial charge in [0.2, 0.25) is 5.89 Å². The fourth-order valence-corrected chi connectivity index (χ4v) is 1.35. The van der Waals surface area contributed by atoms with E-state index < -0.39 is 0 Å². The second kappa shape index (κ2) is 7.07. The molecule has 106 valence electrons. The maximum absolute atomic E-state index is 11.3. The Bertz CT molecular complexity index is 430. The summed E-state index contributed by atoms with van der Waals surface area (Å²) in [5, 5.41) is 3.93. The highest BCUT2D eigenvalue weighted by Gasteiger charge is 2.20. The third kappa shape index (κ3) is 5.68. The first-order valence-electron chi connectivity index (χ1n) is 6.53. The van der Waals surface area contributed by atoms with Crippen LogP contribution < -0.4 is 0 Å². The summed E-state index contributed by atoms with van der Waals surface area (Å²) in [6.45, 7) is 8.31. The molecule has 0 aliphatic heterocycles. The van der Waals surface area contributed by atoms with Crippen LogP contribution in [0.2, 0.25) is 0 Å². The van der Waals surface area contributed by atoms with Crippen LogP contribution in [0.5, 0.6) is 0 Å². The van der Waals surface area contributed by atoms with Crippen LogP contribution in [-0.2, 0) is 21.4 Å². The quantitative estimate of drug-likeness (QED) is 0.585. The van der Waals surface area contributed by atoms with Gasteiger partial charge in [-0.1, -0.05) is 38.1 Å². The standard InChI is InChI=1S/C14H22N2O3/c1-5-6-10-18-12(17)9-7-8-11-15-13(16-19-11)14(2,3)4/h5-6H,7-10H2,1-4H3. The van der Waals surface area contributed by atoms with Gasteiger partial charge in [-0.25, -0.2) is 0 Å². The number of ether oxygens (including phenoxy) is 1. The summed E-state index contributed by atoms with van der Waals surface area (Å²) >= 11 is 0. The zero-order valence-corrected chi connectivity index (χ0v) is 12.1. The molecule has 0 radical (unpaired) electrons. The van der Waals surface area contributed by atoms with Gasteiger partial charge in [-0.3, -0.25) is 4.79 Å². The number of aryl methyl sites for hydroxylation is 1. The third-order valence-electron chi connectivity index (χ3n) is 2.49. The third-order valence-corrected chi connectivity index (χ3v) is 2.49. The molecule has 19 heavy (non-hydrogen) atoms. The number of nitrogens with zero attached hydrogens (tertiary/aromatic N) is 2. The van der Waals surface area contributed by atoms with E-state index in [1.807, 2.05) is 33.8 Å². The molecule has 0 aliphatic carbocycles. The lowest BCUT2D eigenvalue weighted by Crippen LogP contribution is -2.13. The van der Waals surface area contributed by atoms with Crippen LogP contribution in [0.3, 0.4) is 0 Å². The minimum atomic E-state index is -0.200. The lowest BCUT2D eigenvalue weighted by Gasteiger charge is -2.10. The Morgan fingerprint density at radius 1 is 1.42 bits per heavy atom. The minimum absolute atomic E-state index is 0.118. The summed E-state index contributed by atoms with van der Waals surface area (Å²) in [5.74, 6) is 1.07. The van der Waals surface area contributed by atoms with Crippen LogP contribution in [0.25, 0.3) is 0 Å².